The highest BCUT2D eigenvalue weighted by atomic mass is 79.9. The predicted molar refractivity (Wildman–Crippen MR) is 108 cm³/mol. The SMILES string of the molecule is CC1(C)c2ccccc2-n2c3ccc(Br)cc3c3cc(Br)cc1c32. The van der Waals surface area contributed by atoms with Gasteiger partial charge in [-0.2, -0.15) is 0 Å². The first kappa shape index (κ1) is 14.7. The summed E-state index contributed by atoms with van der Waals surface area (Å²) in [6, 6.07) is 19.9. The predicted octanol–water partition coefficient (Wildman–Crippen LogP) is 6.95. The van der Waals surface area contributed by atoms with Crippen molar-refractivity contribution in [3.8, 4) is 5.69 Å². The minimum absolute atomic E-state index is 0.0275. The lowest BCUT2D eigenvalue weighted by Crippen LogP contribution is -2.26. The molecule has 3 aromatic carbocycles. The van der Waals surface area contributed by atoms with Crippen LogP contribution >= 0.6 is 31.9 Å². The van der Waals surface area contributed by atoms with Crippen LogP contribution in [0.3, 0.4) is 0 Å². The molecule has 24 heavy (non-hydrogen) atoms. The van der Waals surface area contributed by atoms with Gasteiger partial charge in [-0.25, -0.2) is 0 Å². The van der Waals surface area contributed by atoms with E-state index in [4.69, 9.17) is 0 Å². The van der Waals surface area contributed by atoms with E-state index in [2.05, 4.69) is 105 Å². The number of fused-ring (bicyclic) bond motifs is 5. The topological polar surface area (TPSA) is 4.93 Å². The molecule has 0 spiro atoms. The van der Waals surface area contributed by atoms with Gasteiger partial charge in [0.25, 0.3) is 0 Å². The third-order valence-electron chi connectivity index (χ3n) is 5.28. The second-order valence-electron chi connectivity index (χ2n) is 6.99. The molecular formula is C21H15Br2N. The van der Waals surface area contributed by atoms with Crippen molar-refractivity contribution in [2.45, 2.75) is 19.3 Å². The number of halogens is 2. The van der Waals surface area contributed by atoms with E-state index in [-0.39, 0.29) is 5.41 Å². The molecule has 0 bridgehead atoms. The first-order chi connectivity index (χ1) is 11.5. The van der Waals surface area contributed by atoms with E-state index in [0.717, 1.165) is 8.95 Å². The van der Waals surface area contributed by atoms with Gasteiger partial charge in [0.1, 0.15) is 0 Å². The van der Waals surface area contributed by atoms with Crippen molar-refractivity contribution in [3.63, 3.8) is 0 Å². The van der Waals surface area contributed by atoms with Crippen LogP contribution in [0.5, 0.6) is 0 Å². The molecule has 0 saturated heterocycles. The molecule has 0 amide bonds. The average molecular weight is 441 g/mol. The zero-order valence-electron chi connectivity index (χ0n) is 13.4. The second-order valence-corrected chi connectivity index (χ2v) is 8.82. The maximum Gasteiger partial charge on any atom is 0.0582 e. The first-order valence-electron chi connectivity index (χ1n) is 8.02. The summed E-state index contributed by atoms with van der Waals surface area (Å²) >= 11 is 7.37. The van der Waals surface area contributed by atoms with Crippen LogP contribution in [0, 0.1) is 0 Å². The fourth-order valence-corrected chi connectivity index (χ4v) is 4.97. The van der Waals surface area contributed by atoms with Gasteiger partial charge in [0.2, 0.25) is 0 Å². The zero-order chi connectivity index (χ0) is 16.6. The number of para-hydroxylation sites is 1. The van der Waals surface area contributed by atoms with Crippen LogP contribution in [0.4, 0.5) is 0 Å². The Morgan fingerprint density at radius 2 is 1.54 bits per heavy atom. The van der Waals surface area contributed by atoms with Gasteiger partial charge in [-0.15, -0.1) is 0 Å². The smallest absolute Gasteiger partial charge is 0.0582 e. The Morgan fingerprint density at radius 1 is 0.792 bits per heavy atom. The van der Waals surface area contributed by atoms with Crippen LogP contribution in [0.25, 0.3) is 27.5 Å². The molecule has 1 nitrogen and oxygen atoms in total. The Bertz CT molecular complexity index is 1150. The molecular weight excluding hydrogens is 426 g/mol. The third-order valence-corrected chi connectivity index (χ3v) is 6.23. The fourth-order valence-electron chi connectivity index (χ4n) is 4.15. The Balaban J connectivity index is 2.14. The number of nitrogens with zero attached hydrogens (tertiary/aromatic N) is 1. The lowest BCUT2D eigenvalue weighted by atomic mass is 9.75. The summed E-state index contributed by atoms with van der Waals surface area (Å²) in [4.78, 5) is 0. The summed E-state index contributed by atoms with van der Waals surface area (Å²) in [6.45, 7) is 4.65. The van der Waals surface area contributed by atoms with E-state index in [0.29, 0.717) is 0 Å². The van der Waals surface area contributed by atoms with Gasteiger partial charge < -0.3 is 4.57 Å². The second kappa shape index (κ2) is 4.74. The quantitative estimate of drug-likeness (QED) is 0.279. The highest BCUT2D eigenvalue weighted by molar-refractivity contribution is 9.10. The molecule has 0 atom stereocenters. The van der Waals surface area contributed by atoms with Crippen LogP contribution in [-0.4, -0.2) is 4.57 Å². The van der Waals surface area contributed by atoms with Gasteiger partial charge in [0.05, 0.1) is 16.7 Å². The molecule has 2 heterocycles. The molecule has 118 valence electrons. The van der Waals surface area contributed by atoms with Crippen molar-refractivity contribution >= 4 is 53.7 Å². The highest BCUT2D eigenvalue weighted by Gasteiger charge is 2.35. The van der Waals surface area contributed by atoms with E-state index in [9.17, 15) is 0 Å². The monoisotopic (exact) mass is 439 g/mol. The summed E-state index contributed by atoms with van der Waals surface area (Å²) in [5.41, 5.74) is 6.60. The van der Waals surface area contributed by atoms with Crippen LogP contribution < -0.4 is 0 Å². The summed E-state index contributed by atoms with van der Waals surface area (Å²) in [7, 11) is 0. The standard InChI is InChI=1S/C21H15Br2N/c1-21(2)16-5-3-4-6-19(16)24-18-8-7-12(22)9-14(18)15-10-13(23)11-17(21)20(15)24/h3-11H,1-2H3. The molecule has 0 unspecified atom stereocenters. The number of benzene rings is 3. The Labute approximate surface area is 157 Å². The van der Waals surface area contributed by atoms with Crippen LogP contribution in [0.2, 0.25) is 0 Å². The van der Waals surface area contributed by atoms with E-state index < -0.39 is 0 Å². The Morgan fingerprint density at radius 3 is 2.38 bits per heavy atom. The molecule has 0 radical (unpaired) electrons. The molecule has 0 fully saturated rings. The van der Waals surface area contributed by atoms with Gasteiger partial charge >= 0.3 is 0 Å². The van der Waals surface area contributed by atoms with Gasteiger partial charge in [-0.05, 0) is 47.5 Å². The van der Waals surface area contributed by atoms with E-state index >= 15 is 0 Å². The third kappa shape index (κ3) is 1.75. The van der Waals surface area contributed by atoms with Crippen LogP contribution in [0.1, 0.15) is 25.0 Å². The Hall–Kier alpha value is -1.58. The minimum Gasteiger partial charge on any atom is -0.309 e. The number of rotatable bonds is 0. The molecule has 5 rings (SSSR count). The van der Waals surface area contributed by atoms with E-state index in [1.54, 1.807) is 0 Å². The van der Waals surface area contributed by atoms with Crippen molar-refractivity contribution in [2.75, 3.05) is 0 Å². The van der Waals surface area contributed by atoms with Gasteiger partial charge in [-0.1, -0.05) is 63.9 Å². The maximum absolute atomic E-state index is 3.73. The van der Waals surface area contributed by atoms with Crippen LogP contribution in [0.15, 0.2) is 63.5 Å². The Kier molecular flexibility index (Phi) is 2.91. The lowest BCUT2D eigenvalue weighted by molar-refractivity contribution is 0.630. The van der Waals surface area contributed by atoms with Gasteiger partial charge in [0, 0.05) is 25.1 Å². The van der Waals surface area contributed by atoms with Crippen molar-refractivity contribution in [3.05, 3.63) is 74.7 Å². The fraction of sp³-hybridized carbons (Fsp3) is 0.143. The number of aromatic nitrogens is 1. The molecule has 1 aromatic heterocycles. The first-order valence-corrected chi connectivity index (χ1v) is 9.60. The zero-order valence-corrected chi connectivity index (χ0v) is 16.6. The lowest BCUT2D eigenvalue weighted by Gasteiger charge is -2.34. The van der Waals surface area contributed by atoms with Crippen LogP contribution in [-0.2, 0) is 5.41 Å². The molecule has 0 N–H and O–H groups in total. The van der Waals surface area contributed by atoms with Gasteiger partial charge in [-0.3, -0.25) is 0 Å². The molecule has 1 aliphatic heterocycles. The molecule has 1 aliphatic rings. The highest BCUT2D eigenvalue weighted by Crippen LogP contribution is 2.48. The van der Waals surface area contributed by atoms with Crippen molar-refractivity contribution in [1.29, 1.82) is 0 Å². The van der Waals surface area contributed by atoms with E-state index in [1.165, 1.54) is 38.6 Å². The summed E-state index contributed by atoms with van der Waals surface area (Å²) in [6.07, 6.45) is 0. The molecule has 0 saturated carbocycles. The average Bonchev–Trinajstić information content (AvgIpc) is 2.87. The number of hydrogen-bond acceptors (Lipinski definition) is 0. The molecule has 0 aliphatic carbocycles. The summed E-state index contributed by atoms with van der Waals surface area (Å²) in [5.74, 6) is 0. The van der Waals surface area contributed by atoms with E-state index in [1.807, 2.05) is 0 Å². The van der Waals surface area contributed by atoms with Crippen molar-refractivity contribution < 1.29 is 0 Å². The minimum atomic E-state index is -0.0275. The molecule has 4 aromatic rings. The number of hydrogen-bond donors (Lipinski definition) is 0. The maximum atomic E-state index is 3.73. The molecule has 3 heteroatoms. The summed E-state index contributed by atoms with van der Waals surface area (Å²) < 4.78 is 4.68. The van der Waals surface area contributed by atoms with Crippen molar-refractivity contribution in [1.82, 2.24) is 4.57 Å². The largest absolute Gasteiger partial charge is 0.309 e. The van der Waals surface area contributed by atoms with Crippen molar-refractivity contribution in [2.24, 2.45) is 0 Å². The van der Waals surface area contributed by atoms with Gasteiger partial charge in [0.15, 0.2) is 0 Å². The summed E-state index contributed by atoms with van der Waals surface area (Å²) in [5, 5.41) is 2.59. The normalized spacial score (nSPS) is 15.0.